The molecule has 1 amide bonds. The minimum Gasteiger partial charge on any atom is -0.444 e. The summed E-state index contributed by atoms with van der Waals surface area (Å²) in [7, 11) is 1.84. The van der Waals surface area contributed by atoms with Gasteiger partial charge in [0.2, 0.25) is 11.8 Å². The minimum atomic E-state index is -0.0451. The van der Waals surface area contributed by atoms with E-state index in [2.05, 4.69) is 15.6 Å². The summed E-state index contributed by atoms with van der Waals surface area (Å²) in [5.74, 6) is 0.527. The molecule has 0 atom stereocenters. The molecule has 0 aliphatic rings. The average molecular weight is 265 g/mol. The van der Waals surface area contributed by atoms with E-state index in [1.807, 2.05) is 24.6 Å². The zero-order valence-corrected chi connectivity index (χ0v) is 10.9. The molecule has 96 valence electrons. The van der Waals surface area contributed by atoms with E-state index in [-0.39, 0.29) is 12.3 Å². The van der Waals surface area contributed by atoms with Crippen LogP contribution in [0.15, 0.2) is 28.2 Å². The SMILES string of the molecule is CNCCNC(=O)Cc1coc(-c2cccs2)n1. The van der Waals surface area contributed by atoms with Crippen LogP contribution in [0.2, 0.25) is 0 Å². The molecular formula is C12H15N3O2S. The molecule has 0 aromatic carbocycles. The van der Waals surface area contributed by atoms with Crippen LogP contribution in [-0.2, 0) is 11.2 Å². The third-order valence-electron chi connectivity index (χ3n) is 2.32. The van der Waals surface area contributed by atoms with Gasteiger partial charge in [-0.05, 0) is 18.5 Å². The van der Waals surface area contributed by atoms with Crippen molar-refractivity contribution in [3.05, 3.63) is 29.5 Å². The van der Waals surface area contributed by atoms with Crippen molar-refractivity contribution in [2.45, 2.75) is 6.42 Å². The molecule has 0 unspecified atom stereocenters. The Morgan fingerprint density at radius 1 is 1.50 bits per heavy atom. The predicted molar refractivity (Wildman–Crippen MR) is 70.5 cm³/mol. The van der Waals surface area contributed by atoms with Crippen molar-refractivity contribution in [3.63, 3.8) is 0 Å². The van der Waals surface area contributed by atoms with Gasteiger partial charge in [0, 0.05) is 13.1 Å². The first-order valence-corrected chi connectivity index (χ1v) is 6.57. The molecule has 5 nitrogen and oxygen atoms in total. The first-order chi connectivity index (χ1) is 8.79. The van der Waals surface area contributed by atoms with E-state index in [1.54, 1.807) is 11.3 Å². The van der Waals surface area contributed by atoms with E-state index in [0.717, 1.165) is 11.4 Å². The average Bonchev–Trinajstić information content (AvgIpc) is 2.98. The van der Waals surface area contributed by atoms with Crippen LogP contribution in [0.5, 0.6) is 0 Å². The third-order valence-corrected chi connectivity index (χ3v) is 3.18. The maximum Gasteiger partial charge on any atom is 0.236 e. The van der Waals surface area contributed by atoms with Crippen LogP contribution in [0.1, 0.15) is 5.69 Å². The van der Waals surface area contributed by atoms with Gasteiger partial charge in [-0.1, -0.05) is 6.07 Å². The number of aromatic nitrogens is 1. The number of oxazole rings is 1. The first kappa shape index (κ1) is 12.8. The molecule has 2 aromatic heterocycles. The lowest BCUT2D eigenvalue weighted by Gasteiger charge is -2.02. The van der Waals surface area contributed by atoms with E-state index in [4.69, 9.17) is 4.42 Å². The van der Waals surface area contributed by atoms with Gasteiger partial charge >= 0.3 is 0 Å². The molecule has 0 saturated carbocycles. The van der Waals surface area contributed by atoms with Gasteiger partial charge in [0.15, 0.2) is 0 Å². The van der Waals surface area contributed by atoms with Crippen LogP contribution in [0.3, 0.4) is 0 Å². The zero-order valence-electron chi connectivity index (χ0n) is 10.1. The van der Waals surface area contributed by atoms with E-state index >= 15 is 0 Å². The second-order valence-electron chi connectivity index (χ2n) is 3.75. The van der Waals surface area contributed by atoms with Crippen LogP contribution in [-0.4, -0.2) is 31.0 Å². The van der Waals surface area contributed by atoms with Crippen molar-refractivity contribution in [3.8, 4) is 10.8 Å². The highest BCUT2D eigenvalue weighted by molar-refractivity contribution is 7.13. The summed E-state index contributed by atoms with van der Waals surface area (Å²) in [6, 6.07) is 3.88. The van der Waals surface area contributed by atoms with Crippen LogP contribution in [0, 0.1) is 0 Å². The Balaban J connectivity index is 1.89. The van der Waals surface area contributed by atoms with Crippen molar-refractivity contribution in [1.29, 1.82) is 0 Å². The van der Waals surface area contributed by atoms with Gasteiger partial charge in [0.25, 0.3) is 0 Å². The normalized spacial score (nSPS) is 10.5. The Labute approximate surface area is 109 Å². The highest BCUT2D eigenvalue weighted by Crippen LogP contribution is 2.23. The topological polar surface area (TPSA) is 67.2 Å². The summed E-state index contributed by atoms with van der Waals surface area (Å²) in [6.45, 7) is 1.37. The molecule has 2 rings (SSSR count). The van der Waals surface area contributed by atoms with Gasteiger partial charge in [-0.15, -0.1) is 11.3 Å². The molecule has 18 heavy (non-hydrogen) atoms. The van der Waals surface area contributed by atoms with Crippen molar-refractivity contribution >= 4 is 17.2 Å². The van der Waals surface area contributed by atoms with Crippen LogP contribution >= 0.6 is 11.3 Å². The molecule has 0 radical (unpaired) electrons. The van der Waals surface area contributed by atoms with Crippen LogP contribution in [0.25, 0.3) is 10.8 Å². The minimum absolute atomic E-state index is 0.0451. The molecule has 0 fully saturated rings. The molecule has 2 heterocycles. The Morgan fingerprint density at radius 3 is 3.11 bits per heavy atom. The molecule has 0 spiro atoms. The number of carbonyl (C=O) groups excluding carboxylic acids is 1. The van der Waals surface area contributed by atoms with E-state index in [0.29, 0.717) is 18.1 Å². The number of likely N-dealkylation sites (N-methyl/N-ethyl adjacent to an activating group) is 1. The lowest BCUT2D eigenvalue weighted by Crippen LogP contribution is -2.31. The maximum absolute atomic E-state index is 11.6. The molecule has 6 heteroatoms. The second kappa shape index (κ2) is 6.32. The zero-order chi connectivity index (χ0) is 12.8. The van der Waals surface area contributed by atoms with Crippen molar-refractivity contribution in [2.24, 2.45) is 0 Å². The third kappa shape index (κ3) is 3.41. The number of hydrogen-bond donors (Lipinski definition) is 2. The maximum atomic E-state index is 11.6. The van der Waals surface area contributed by atoms with Gasteiger partial charge in [-0.2, -0.15) is 0 Å². The van der Waals surface area contributed by atoms with Gasteiger partial charge in [0.05, 0.1) is 17.0 Å². The van der Waals surface area contributed by atoms with E-state index in [9.17, 15) is 4.79 Å². The number of nitrogens with zero attached hydrogens (tertiary/aromatic N) is 1. The largest absolute Gasteiger partial charge is 0.444 e. The van der Waals surface area contributed by atoms with Crippen molar-refractivity contribution in [2.75, 3.05) is 20.1 Å². The summed E-state index contributed by atoms with van der Waals surface area (Å²) in [6.07, 6.45) is 1.78. The number of rotatable bonds is 6. The number of carbonyl (C=O) groups is 1. The monoisotopic (exact) mass is 265 g/mol. The Hall–Kier alpha value is -1.66. The molecule has 2 N–H and O–H groups in total. The second-order valence-corrected chi connectivity index (χ2v) is 4.70. The van der Waals surface area contributed by atoms with Crippen LogP contribution in [0.4, 0.5) is 0 Å². The highest BCUT2D eigenvalue weighted by atomic mass is 32.1. The molecular weight excluding hydrogens is 250 g/mol. The lowest BCUT2D eigenvalue weighted by atomic mass is 10.3. The van der Waals surface area contributed by atoms with Gasteiger partial charge in [-0.3, -0.25) is 4.79 Å². The number of amides is 1. The fourth-order valence-corrected chi connectivity index (χ4v) is 2.11. The van der Waals surface area contributed by atoms with Gasteiger partial charge in [-0.25, -0.2) is 4.98 Å². The predicted octanol–water partition coefficient (Wildman–Crippen LogP) is 1.28. The Morgan fingerprint density at radius 2 is 2.39 bits per heavy atom. The molecule has 0 aliphatic heterocycles. The van der Waals surface area contributed by atoms with Gasteiger partial charge in [0.1, 0.15) is 6.26 Å². The van der Waals surface area contributed by atoms with Crippen molar-refractivity contribution in [1.82, 2.24) is 15.6 Å². The lowest BCUT2D eigenvalue weighted by molar-refractivity contribution is -0.120. The number of nitrogens with one attached hydrogen (secondary N) is 2. The fraction of sp³-hybridized carbons (Fsp3) is 0.333. The standard InChI is InChI=1S/C12H15N3O2S/c1-13-4-5-14-11(16)7-9-8-17-12(15-9)10-3-2-6-18-10/h2-3,6,8,13H,4-5,7H2,1H3,(H,14,16). The van der Waals surface area contributed by atoms with Gasteiger partial charge < -0.3 is 15.1 Å². The summed E-state index contributed by atoms with van der Waals surface area (Å²) < 4.78 is 5.34. The number of thiophene rings is 1. The Kier molecular flexibility index (Phi) is 4.49. The first-order valence-electron chi connectivity index (χ1n) is 5.69. The van der Waals surface area contributed by atoms with E-state index in [1.165, 1.54) is 6.26 Å². The van der Waals surface area contributed by atoms with Crippen molar-refractivity contribution < 1.29 is 9.21 Å². The smallest absolute Gasteiger partial charge is 0.236 e. The van der Waals surface area contributed by atoms with Crippen LogP contribution < -0.4 is 10.6 Å². The summed E-state index contributed by atoms with van der Waals surface area (Å²) in [4.78, 5) is 16.8. The molecule has 0 aliphatic carbocycles. The molecule has 0 saturated heterocycles. The molecule has 2 aromatic rings. The highest BCUT2D eigenvalue weighted by Gasteiger charge is 2.10. The fourth-order valence-electron chi connectivity index (χ4n) is 1.46. The summed E-state index contributed by atoms with van der Waals surface area (Å²) >= 11 is 1.56. The molecule has 0 bridgehead atoms. The quantitative estimate of drug-likeness (QED) is 0.772. The Bertz CT molecular complexity index is 493. The van der Waals surface area contributed by atoms with E-state index < -0.39 is 0 Å². The summed E-state index contributed by atoms with van der Waals surface area (Å²) in [5.41, 5.74) is 0.653. The number of hydrogen-bond acceptors (Lipinski definition) is 5. The summed E-state index contributed by atoms with van der Waals surface area (Å²) in [5, 5.41) is 7.72.